The van der Waals surface area contributed by atoms with Gasteiger partial charge < -0.3 is 4.90 Å². The highest BCUT2D eigenvalue weighted by Crippen LogP contribution is 2.48. The fourth-order valence-electron chi connectivity index (χ4n) is 4.81. The van der Waals surface area contributed by atoms with Crippen LogP contribution in [0.3, 0.4) is 0 Å². The summed E-state index contributed by atoms with van der Waals surface area (Å²) in [5.74, 6) is 2.89. The van der Waals surface area contributed by atoms with Gasteiger partial charge in [0, 0.05) is 18.9 Å². The first-order chi connectivity index (χ1) is 8.29. The summed E-state index contributed by atoms with van der Waals surface area (Å²) in [6, 6.07) is 0.820. The minimum absolute atomic E-state index is 0.556. The molecular formula is C15H25NO. The average Bonchev–Trinajstić information content (AvgIpc) is 2.32. The van der Waals surface area contributed by atoms with Crippen LogP contribution in [0.25, 0.3) is 0 Å². The monoisotopic (exact) mass is 235 g/mol. The molecule has 2 heteroatoms. The number of piperidine rings is 1. The van der Waals surface area contributed by atoms with Gasteiger partial charge in [0.1, 0.15) is 5.78 Å². The highest BCUT2D eigenvalue weighted by atomic mass is 16.1. The van der Waals surface area contributed by atoms with Crippen molar-refractivity contribution in [1.29, 1.82) is 0 Å². The van der Waals surface area contributed by atoms with E-state index in [0.29, 0.717) is 5.78 Å². The molecule has 0 aromatic rings. The Bertz CT molecular complexity index is 291. The number of carbonyl (C=O) groups is 1. The van der Waals surface area contributed by atoms with E-state index in [9.17, 15) is 4.79 Å². The van der Waals surface area contributed by atoms with E-state index in [1.165, 1.54) is 45.2 Å². The number of hydrogen-bond acceptors (Lipinski definition) is 2. The highest BCUT2D eigenvalue weighted by Gasteiger charge is 2.47. The number of carbonyl (C=O) groups excluding carboxylic acids is 1. The Morgan fingerprint density at radius 2 is 1.94 bits per heavy atom. The van der Waals surface area contributed by atoms with E-state index < -0.39 is 0 Å². The van der Waals surface area contributed by atoms with Gasteiger partial charge in [-0.15, -0.1) is 0 Å². The van der Waals surface area contributed by atoms with E-state index in [-0.39, 0.29) is 0 Å². The predicted octanol–water partition coefficient (Wildman–Crippen LogP) is 2.87. The molecule has 0 bridgehead atoms. The summed E-state index contributed by atoms with van der Waals surface area (Å²) in [5.41, 5.74) is 0. The van der Waals surface area contributed by atoms with Crippen LogP contribution in [0, 0.1) is 17.8 Å². The molecule has 17 heavy (non-hydrogen) atoms. The highest BCUT2D eigenvalue weighted by molar-refractivity contribution is 5.80. The molecule has 2 nitrogen and oxygen atoms in total. The molecule has 96 valence electrons. The van der Waals surface area contributed by atoms with Gasteiger partial charge >= 0.3 is 0 Å². The van der Waals surface area contributed by atoms with Crippen LogP contribution in [0.15, 0.2) is 0 Å². The normalized spacial score (nSPS) is 42.3. The molecule has 0 aromatic heterocycles. The van der Waals surface area contributed by atoms with E-state index in [1.807, 2.05) is 0 Å². The van der Waals surface area contributed by atoms with Crippen molar-refractivity contribution in [3.05, 3.63) is 0 Å². The minimum Gasteiger partial charge on any atom is -0.300 e. The van der Waals surface area contributed by atoms with Crippen LogP contribution in [0.2, 0.25) is 0 Å². The van der Waals surface area contributed by atoms with Crippen LogP contribution in [0.4, 0.5) is 0 Å². The molecule has 4 atom stereocenters. The summed E-state index contributed by atoms with van der Waals surface area (Å²) < 4.78 is 0. The Hall–Kier alpha value is -0.370. The fraction of sp³-hybridized carbons (Fsp3) is 0.933. The van der Waals surface area contributed by atoms with Gasteiger partial charge in [0.2, 0.25) is 0 Å². The maximum absolute atomic E-state index is 11.8. The van der Waals surface area contributed by atoms with Crippen molar-refractivity contribution in [3.63, 3.8) is 0 Å². The standard InChI is InChI=1S/C15H25NO/c1-2-7-16-8-6-12-10-13(17)9-11-4-3-5-14(16)15(11)12/h11-12,14-15H,2-10H2,1H3/t11-,12+,14-,15+/m1/s1. The first-order valence-electron chi connectivity index (χ1n) is 7.55. The van der Waals surface area contributed by atoms with Gasteiger partial charge in [0.15, 0.2) is 0 Å². The van der Waals surface area contributed by atoms with Gasteiger partial charge in [-0.05, 0) is 56.5 Å². The number of hydrogen-bond donors (Lipinski definition) is 0. The lowest BCUT2D eigenvalue weighted by atomic mass is 9.60. The third kappa shape index (κ3) is 2.05. The van der Waals surface area contributed by atoms with E-state index in [0.717, 1.165) is 36.6 Å². The second-order valence-corrected chi connectivity index (χ2v) is 6.37. The van der Waals surface area contributed by atoms with Crippen molar-refractivity contribution in [3.8, 4) is 0 Å². The van der Waals surface area contributed by atoms with Gasteiger partial charge in [-0.1, -0.05) is 13.3 Å². The zero-order chi connectivity index (χ0) is 11.8. The molecule has 3 aliphatic rings. The summed E-state index contributed by atoms with van der Waals surface area (Å²) in [5, 5.41) is 0. The topological polar surface area (TPSA) is 20.3 Å². The second-order valence-electron chi connectivity index (χ2n) is 6.37. The molecule has 0 amide bonds. The maximum Gasteiger partial charge on any atom is 0.133 e. The Morgan fingerprint density at radius 1 is 1.18 bits per heavy atom. The SMILES string of the molecule is CCCN1CC[C@H]2CC(=O)C[C@H]3CCC[C@@H]1[C@@H]32. The zero-order valence-electron chi connectivity index (χ0n) is 11.0. The largest absolute Gasteiger partial charge is 0.300 e. The molecule has 3 fully saturated rings. The molecular weight excluding hydrogens is 210 g/mol. The average molecular weight is 235 g/mol. The minimum atomic E-state index is 0.556. The molecule has 0 spiro atoms. The van der Waals surface area contributed by atoms with Gasteiger partial charge in [-0.25, -0.2) is 0 Å². The number of likely N-dealkylation sites (tertiary alicyclic amines) is 1. The second kappa shape index (κ2) is 4.72. The van der Waals surface area contributed by atoms with Crippen LogP contribution in [0.1, 0.15) is 51.9 Å². The van der Waals surface area contributed by atoms with Crippen molar-refractivity contribution in [2.24, 2.45) is 17.8 Å². The molecule has 2 saturated carbocycles. The first kappa shape index (κ1) is 11.7. The third-order valence-electron chi connectivity index (χ3n) is 5.35. The molecule has 1 aliphatic heterocycles. The van der Waals surface area contributed by atoms with Crippen molar-refractivity contribution in [2.75, 3.05) is 13.1 Å². The lowest BCUT2D eigenvalue weighted by Crippen LogP contribution is -2.55. The molecule has 0 aromatic carbocycles. The van der Waals surface area contributed by atoms with Gasteiger partial charge in [0.05, 0.1) is 0 Å². The van der Waals surface area contributed by atoms with Crippen LogP contribution >= 0.6 is 0 Å². The van der Waals surface area contributed by atoms with E-state index in [4.69, 9.17) is 0 Å². The smallest absolute Gasteiger partial charge is 0.133 e. The number of ketones is 1. The lowest BCUT2D eigenvalue weighted by molar-refractivity contribution is -0.130. The van der Waals surface area contributed by atoms with Gasteiger partial charge in [0.25, 0.3) is 0 Å². The Labute approximate surface area is 105 Å². The molecule has 0 radical (unpaired) electrons. The fourth-order valence-corrected chi connectivity index (χ4v) is 4.81. The zero-order valence-corrected chi connectivity index (χ0v) is 11.0. The predicted molar refractivity (Wildman–Crippen MR) is 68.8 cm³/mol. The molecule has 2 aliphatic carbocycles. The number of nitrogens with zero attached hydrogens (tertiary/aromatic N) is 1. The Kier molecular flexibility index (Phi) is 3.25. The van der Waals surface area contributed by atoms with Crippen molar-refractivity contribution in [1.82, 2.24) is 4.90 Å². The van der Waals surface area contributed by atoms with E-state index in [2.05, 4.69) is 11.8 Å². The quantitative estimate of drug-likeness (QED) is 0.733. The van der Waals surface area contributed by atoms with Crippen LogP contribution in [-0.2, 0) is 4.79 Å². The summed E-state index contributed by atoms with van der Waals surface area (Å²) >= 11 is 0. The van der Waals surface area contributed by atoms with Crippen LogP contribution < -0.4 is 0 Å². The number of rotatable bonds is 2. The van der Waals surface area contributed by atoms with Crippen LogP contribution in [0.5, 0.6) is 0 Å². The van der Waals surface area contributed by atoms with Gasteiger partial charge in [-0.2, -0.15) is 0 Å². The molecule has 1 heterocycles. The lowest BCUT2D eigenvalue weighted by Gasteiger charge is -2.53. The summed E-state index contributed by atoms with van der Waals surface area (Å²) in [6.07, 6.45) is 8.43. The van der Waals surface area contributed by atoms with Crippen molar-refractivity contribution >= 4 is 5.78 Å². The summed E-state index contributed by atoms with van der Waals surface area (Å²) in [6.45, 7) is 4.81. The van der Waals surface area contributed by atoms with Crippen LogP contribution in [-0.4, -0.2) is 29.8 Å². The van der Waals surface area contributed by atoms with E-state index in [1.54, 1.807) is 0 Å². The number of Topliss-reactive ketones (excluding diaryl/α,β-unsaturated/α-hetero) is 1. The Morgan fingerprint density at radius 3 is 2.71 bits per heavy atom. The Balaban J connectivity index is 1.80. The molecule has 0 unspecified atom stereocenters. The maximum atomic E-state index is 11.8. The van der Waals surface area contributed by atoms with Gasteiger partial charge in [-0.3, -0.25) is 4.79 Å². The molecule has 1 saturated heterocycles. The van der Waals surface area contributed by atoms with Crippen molar-refractivity contribution in [2.45, 2.75) is 57.9 Å². The third-order valence-corrected chi connectivity index (χ3v) is 5.35. The molecule has 3 rings (SSSR count). The van der Waals surface area contributed by atoms with Crippen molar-refractivity contribution < 1.29 is 4.79 Å². The summed E-state index contributed by atoms with van der Waals surface area (Å²) in [4.78, 5) is 14.6. The molecule has 0 N–H and O–H groups in total. The summed E-state index contributed by atoms with van der Waals surface area (Å²) in [7, 11) is 0. The van der Waals surface area contributed by atoms with E-state index >= 15 is 0 Å². The first-order valence-corrected chi connectivity index (χ1v) is 7.55.